The van der Waals surface area contributed by atoms with Crippen molar-refractivity contribution in [3.8, 4) is 0 Å². The predicted molar refractivity (Wildman–Crippen MR) is 85.0 cm³/mol. The highest BCUT2D eigenvalue weighted by Crippen LogP contribution is 2.31. The lowest BCUT2D eigenvalue weighted by Crippen LogP contribution is -2.40. The van der Waals surface area contributed by atoms with Crippen LogP contribution in [0.2, 0.25) is 0 Å². The Morgan fingerprint density at radius 2 is 1.90 bits per heavy atom. The van der Waals surface area contributed by atoms with Gasteiger partial charge in [-0.3, -0.25) is 4.68 Å². The highest BCUT2D eigenvalue weighted by molar-refractivity contribution is 5.81. The number of para-hydroxylation sites is 1. The van der Waals surface area contributed by atoms with E-state index in [-0.39, 0.29) is 5.60 Å². The molecule has 0 saturated heterocycles. The number of rotatable bonds is 4. The molecule has 3 rings (SSSR count). The van der Waals surface area contributed by atoms with Gasteiger partial charge in [0.25, 0.3) is 0 Å². The Morgan fingerprint density at radius 3 is 2.62 bits per heavy atom. The molecular weight excluding hydrogens is 262 g/mol. The molecule has 4 heteroatoms. The Balaban J connectivity index is 1.78. The molecule has 1 saturated carbocycles. The van der Waals surface area contributed by atoms with E-state index in [9.17, 15) is 0 Å². The van der Waals surface area contributed by atoms with Gasteiger partial charge >= 0.3 is 0 Å². The topological polar surface area (TPSA) is 53.1 Å². The minimum atomic E-state index is -0.144. The first-order valence-corrected chi connectivity index (χ1v) is 7.99. The lowest BCUT2D eigenvalue weighted by atomic mass is 9.94. The number of aryl methyl sites for hydroxylation is 1. The third kappa shape index (κ3) is 2.97. The van der Waals surface area contributed by atoms with E-state index < -0.39 is 0 Å². The average molecular weight is 287 g/mol. The van der Waals surface area contributed by atoms with Crippen LogP contribution in [0.5, 0.6) is 0 Å². The highest BCUT2D eigenvalue weighted by Gasteiger charge is 2.30. The number of hydrogen-bond acceptors (Lipinski definition) is 3. The van der Waals surface area contributed by atoms with Crippen LogP contribution >= 0.6 is 0 Å². The fraction of sp³-hybridized carbons (Fsp3) is 0.588. The van der Waals surface area contributed by atoms with Crippen LogP contribution in [0.3, 0.4) is 0 Å². The molecule has 0 bridgehead atoms. The molecule has 1 heterocycles. The van der Waals surface area contributed by atoms with Crippen LogP contribution in [-0.2, 0) is 18.4 Å². The summed E-state index contributed by atoms with van der Waals surface area (Å²) >= 11 is 0. The van der Waals surface area contributed by atoms with Crippen molar-refractivity contribution in [3.63, 3.8) is 0 Å². The molecule has 4 nitrogen and oxygen atoms in total. The summed E-state index contributed by atoms with van der Waals surface area (Å²) in [6, 6.07) is 8.30. The zero-order valence-corrected chi connectivity index (χ0v) is 12.8. The van der Waals surface area contributed by atoms with Gasteiger partial charge in [-0.25, -0.2) is 0 Å². The Kier molecular flexibility index (Phi) is 4.27. The van der Waals surface area contributed by atoms with E-state index in [1.165, 1.54) is 31.1 Å². The molecular formula is C17H25N3O. The van der Waals surface area contributed by atoms with Gasteiger partial charge in [0.2, 0.25) is 0 Å². The molecule has 0 amide bonds. The average Bonchev–Trinajstić information content (AvgIpc) is 2.70. The molecule has 2 N–H and O–H groups in total. The molecule has 0 unspecified atom stereocenters. The summed E-state index contributed by atoms with van der Waals surface area (Å²) in [5, 5.41) is 5.80. The van der Waals surface area contributed by atoms with E-state index in [4.69, 9.17) is 10.5 Å². The van der Waals surface area contributed by atoms with Gasteiger partial charge in [0, 0.05) is 19.0 Å². The highest BCUT2D eigenvalue weighted by atomic mass is 16.5. The largest absolute Gasteiger partial charge is 0.367 e. The third-order valence-corrected chi connectivity index (χ3v) is 4.74. The summed E-state index contributed by atoms with van der Waals surface area (Å²) in [5.41, 5.74) is 8.07. The molecule has 21 heavy (non-hydrogen) atoms. The normalized spacial score (nSPS) is 18.8. The van der Waals surface area contributed by atoms with Gasteiger partial charge in [0.15, 0.2) is 0 Å². The van der Waals surface area contributed by atoms with Gasteiger partial charge in [0.05, 0.1) is 23.4 Å². The van der Waals surface area contributed by atoms with Crippen LogP contribution < -0.4 is 5.73 Å². The van der Waals surface area contributed by atoms with E-state index in [2.05, 4.69) is 23.3 Å². The molecule has 0 atom stereocenters. The summed E-state index contributed by atoms with van der Waals surface area (Å²) in [4.78, 5) is 0. The second kappa shape index (κ2) is 6.16. The molecule has 1 fully saturated rings. The van der Waals surface area contributed by atoms with Crippen molar-refractivity contribution >= 4 is 10.9 Å². The zero-order valence-electron chi connectivity index (χ0n) is 12.8. The van der Waals surface area contributed by atoms with Gasteiger partial charge in [-0.15, -0.1) is 0 Å². The van der Waals surface area contributed by atoms with E-state index in [0.717, 1.165) is 24.1 Å². The molecule has 0 radical (unpaired) electrons. The Labute approximate surface area is 126 Å². The number of hydrogen-bond donors (Lipinski definition) is 1. The van der Waals surface area contributed by atoms with Crippen LogP contribution in [0.25, 0.3) is 10.9 Å². The predicted octanol–water partition coefficient (Wildman–Crippen LogP) is 3.14. The lowest BCUT2D eigenvalue weighted by molar-refractivity contribution is -0.0611. The van der Waals surface area contributed by atoms with Gasteiger partial charge in [-0.05, 0) is 18.9 Å². The summed E-state index contributed by atoms with van der Waals surface area (Å²) in [7, 11) is 1.98. The number of nitrogens with zero attached hydrogens (tertiary/aromatic N) is 2. The molecule has 0 spiro atoms. The summed E-state index contributed by atoms with van der Waals surface area (Å²) in [5.74, 6) is 0. The van der Waals surface area contributed by atoms with Crippen LogP contribution in [0.4, 0.5) is 0 Å². The van der Waals surface area contributed by atoms with Crippen molar-refractivity contribution in [3.05, 3.63) is 30.0 Å². The quantitative estimate of drug-likeness (QED) is 0.879. The standard InChI is InChI=1S/C17H25N3O/c1-20-16-9-5-4-8-14(16)15(19-20)12-21-17(13-18)10-6-2-3-7-11-17/h4-5,8-9H,2-3,6-7,10-13,18H2,1H3. The molecule has 1 aliphatic carbocycles. The lowest BCUT2D eigenvalue weighted by Gasteiger charge is -2.31. The van der Waals surface area contributed by atoms with Crippen molar-refractivity contribution in [2.45, 2.75) is 50.7 Å². The first-order chi connectivity index (χ1) is 10.2. The second-order valence-corrected chi connectivity index (χ2v) is 6.18. The maximum atomic E-state index is 6.31. The van der Waals surface area contributed by atoms with Crippen molar-refractivity contribution < 1.29 is 4.74 Å². The number of benzene rings is 1. The van der Waals surface area contributed by atoms with Gasteiger partial charge < -0.3 is 10.5 Å². The molecule has 2 aromatic rings. The molecule has 1 aromatic heterocycles. The first kappa shape index (κ1) is 14.5. The van der Waals surface area contributed by atoms with Crippen LogP contribution in [0.15, 0.2) is 24.3 Å². The van der Waals surface area contributed by atoms with Crippen molar-refractivity contribution in [1.29, 1.82) is 0 Å². The van der Waals surface area contributed by atoms with E-state index in [0.29, 0.717) is 13.2 Å². The van der Waals surface area contributed by atoms with E-state index in [1.807, 2.05) is 17.8 Å². The number of aromatic nitrogens is 2. The summed E-state index contributed by atoms with van der Waals surface area (Å²) in [6.07, 6.45) is 7.21. The monoisotopic (exact) mass is 287 g/mol. The minimum Gasteiger partial charge on any atom is -0.367 e. The molecule has 114 valence electrons. The van der Waals surface area contributed by atoms with Gasteiger partial charge in [-0.1, -0.05) is 43.9 Å². The van der Waals surface area contributed by atoms with Crippen molar-refractivity contribution in [2.24, 2.45) is 12.8 Å². The molecule has 1 aliphatic rings. The summed E-state index contributed by atoms with van der Waals surface area (Å²) < 4.78 is 8.23. The maximum Gasteiger partial charge on any atom is 0.0960 e. The Hall–Kier alpha value is -1.39. The minimum absolute atomic E-state index is 0.144. The smallest absolute Gasteiger partial charge is 0.0960 e. The van der Waals surface area contributed by atoms with Crippen molar-refractivity contribution in [1.82, 2.24) is 9.78 Å². The number of nitrogens with two attached hydrogens (primary N) is 1. The third-order valence-electron chi connectivity index (χ3n) is 4.74. The SMILES string of the molecule is Cn1nc(COC2(CN)CCCCCC2)c2ccccc21. The zero-order chi connectivity index (χ0) is 14.7. The first-order valence-electron chi connectivity index (χ1n) is 7.99. The van der Waals surface area contributed by atoms with Gasteiger partial charge in [0.1, 0.15) is 0 Å². The van der Waals surface area contributed by atoms with Crippen LogP contribution in [0, 0.1) is 0 Å². The second-order valence-electron chi connectivity index (χ2n) is 6.18. The van der Waals surface area contributed by atoms with Crippen LogP contribution in [0.1, 0.15) is 44.2 Å². The molecule has 0 aliphatic heterocycles. The number of fused-ring (bicyclic) bond motifs is 1. The van der Waals surface area contributed by atoms with E-state index >= 15 is 0 Å². The fourth-order valence-electron chi connectivity index (χ4n) is 3.40. The Bertz CT molecular complexity index is 597. The summed E-state index contributed by atoms with van der Waals surface area (Å²) in [6.45, 7) is 1.16. The van der Waals surface area contributed by atoms with E-state index in [1.54, 1.807) is 0 Å². The fourth-order valence-corrected chi connectivity index (χ4v) is 3.40. The maximum absolute atomic E-state index is 6.31. The van der Waals surface area contributed by atoms with Crippen molar-refractivity contribution in [2.75, 3.05) is 6.54 Å². The number of ether oxygens (including phenoxy) is 1. The molecule has 1 aromatic carbocycles. The Morgan fingerprint density at radius 1 is 1.19 bits per heavy atom. The van der Waals surface area contributed by atoms with Gasteiger partial charge in [-0.2, -0.15) is 5.10 Å². The van der Waals surface area contributed by atoms with Crippen LogP contribution in [-0.4, -0.2) is 21.9 Å².